The predicted octanol–water partition coefficient (Wildman–Crippen LogP) is 0.339. The maximum atomic E-state index is 5.34. The lowest BCUT2D eigenvalue weighted by Gasteiger charge is -2.17. The van der Waals surface area contributed by atoms with Crippen LogP contribution in [0.4, 0.5) is 0 Å². The quantitative estimate of drug-likeness (QED) is 0.493. The summed E-state index contributed by atoms with van der Waals surface area (Å²) in [5, 5.41) is 0. The van der Waals surface area contributed by atoms with E-state index >= 15 is 0 Å². The van der Waals surface area contributed by atoms with E-state index in [9.17, 15) is 0 Å². The van der Waals surface area contributed by atoms with Crippen LogP contribution >= 0.6 is 0 Å². The minimum absolute atomic E-state index is 0.167. The van der Waals surface area contributed by atoms with Gasteiger partial charge in [0, 0.05) is 6.54 Å². The Kier molecular flexibility index (Phi) is 1.22. The summed E-state index contributed by atoms with van der Waals surface area (Å²) in [6.07, 6.45) is 5.08. The maximum Gasteiger partial charge on any atom is 0.105 e. The third kappa shape index (κ3) is 0.852. The Morgan fingerprint density at radius 1 is 1.22 bits per heavy atom. The Balaban J connectivity index is 2.04. The van der Waals surface area contributed by atoms with Crippen LogP contribution in [-0.4, -0.2) is 12.1 Å². The molecule has 2 aliphatic rings. The fraction of sp³-hybridized carbons (Fsp3) is 1.00. The molecule has 52 valence electrons. The molecule has 1 aliphatic heterocycles. The molecule has 1 saturated heterocycles. The van der Waals surface area contributed by atoms with Gasteiger partial charge in [0.15, 0.2) is 0 Å². The first-order valence-corrected chi connectivity index (χ1v) is 3.57. The van der Waals surface area contributed by atoms with Crippen LogP contribution < -0.4 is 11.0 Å². The van der Waals surface area contributed by atoms with Crippen molar-refractivity contribution in [2.75, 3.05) is 6.54 Å². The Bertz CT molecular complexity index is 86.1. The number of hydrogen-bond donors (Lipinski definition) is 2. The highest BCUT2D eigenvalue weighted by molar-refractivity contribution is 4.89. The van der Waals surface area contributed by atoms with Crippen LogP contribution in [-0.2, 0) is 4.84 Å². The molecule has 0 radical (unpaired) electrons. The lowest BCUT2D eigenvalue weighted by atomic mass is 10.0. The van der Waals surface area contributed by atoms with Gasteiger partial charge in [-0.2, -0.15) is 0 Å². The zero-order chi connectivity index (χ0) is 6.16. The van der Waals surface area contributed by atoms with E-state index in [4.69, 9.17) is 4.84 Å². The zero-order valence-electron chi connectivity index (χ0n) is 5.44. The molecule has 3 nitrogen and oxygen atoms in total. The van der Waals surface area contributed by atoms with E-state index in [1.54, 1.807) is 0 Å². The molecule has 0 aromatic heterocycles. The number of rotatable bonds is 0. The van der Waals surface area contributed by atoms with E-state index in [-0.39, 0.29) is 5.60 Å². The Hall–Kier alpha value is -0.120. The SMILES string of the molecule is C1CCC2(C1)CNNO2. The predicted molar refractivity (Wildman–Crippen MR) is 33.4 cm³/mol. The van der Waals surface area contributed by atoms with Gasteiger partial charge in [0.1, 0.15) is 5.60 Å². The van der Waals surface area contributed by atoms with Crippen LogP contribution in [0.25, 0.3) is 0 Å². The molecule has 1 saturated carbocycles. The molecular weight excluding hydrogens is 116 g/mol. The molecule has 3 heteroatoms. The van der Waals surface area contributed by atoms with Crippen molar-refractivity contribution in [1.82, 2.24) is 11.0 Å². The smallest absolute Gasteiger partial charge is 0.105 e. The molecule has 9 heavy (non-hydrogen) atoms. The second kappa shape index (κ2) is 1.94. The summed E-state index contributed by atoms with van der Waals surface area (Å²) < 4.78 is 0. The number of nitrogens with one attached hydrogen (secondary N) is 2. The van der Waals surface area contributed by atoms with Crippen LogP contribution in [0.1, 0.15) is 25.7 Å². The molecule has 2 fully saturated rings. The highest BCUT2D eigenvalue weighted by Gasteiger charge is 2.38. The molecule has 0 aromatic rings. The number of hydrazine groups is 1. The van der Waals surface area contributed by atoms with Crippen molar-refractivity contribution >= 4 is 0 Å². The van der Waals surface area contributed by atoms with Gasteiger partial charge in [-0.25, -0.2) is 5.43 Å². The molecule has 1 aliphatic carbocycles. The minimum atomic E-state index is 0.167. The zero-order valence-corrected chi connectivity index (χ0v) is 5.44. The first-order chi connectivity index (χ1) is 4.41. The molecular formula is C6H12N2O. The lowest BCUT2D eigenvalue weighted by Crippen LogP contribution is -2.28. The van der Waals surface area contributed by atoms with Crippen LogP contribution in [0.3, 0.4) is 0 Å². The van der Waals surface area contributed by atoms with Gasteiger partial charge in [0.2, 0.25) is 0 Å². The summed E-state index contributed by atoms with van der Waals surface area (Å²) in [4.78, 5) is 5.34. The highest BCUT2D eigenvalue weighted by Crippen LogP contribution is 2.33. The standard InChI is InChI=1S/C6H12N2O/c1-2-4-6(3-1)5-7-8-9-6/h7-8H,1-5H2. The Morgan fingerprint density at radius 3 is 2.56 bits per heavy atom. The molecule has 0 amide bonds. The van der Waals surface area contributed by atoms with Crippen LogP contribution in [0.15, 0.2) is 0 Å². The lowest BCUT2D eigenvalue weighted by molar-refractivity contribution is -0.0482. The molecule has 0 unspecified atom stereocenters. The molecule has 1 heterocycles. The maximum absolute atomic E-state index is 5.34. The summed E-state index contributed by atoms with van der Waals surface area (Å²) in [6, 6.07) is 0. The monoisotopic (exact) mass is 128 g/mol. The Labute approximate surface area is 54.7 Å². The first kappa shape index (κ1) is 5.65. The van der Waals surface area contributed by atoms with Gasteiger partial charge in [0.05, 0.1) is 0 Å². The van der Waals surface area contributed by atoms with Crippen molar-refractivity contribution in [2.24, 2.45) is 0 Å². The average Bonchev–Trinajstić information content (AvgIpc) is 2.45. The molecule has 2 rings (SSSR count). The van der Waals surface area contributed by atoms with Crippen LogP contribution in [0.5, 0.6) is 0 Å². The normalized spacial score (nSPS) is 32.0. The minimum Gasteiger partial charge on any atom is -0.279 e. The van der Waals surface area contributed by atoms with Gasteiger partial charge in [-0.15, -0.1) is 5.59 Å². The fourth-order valence-corrected chi connectivity index (χ4v) is 1.68. The van der Waals surface area contributed by atoms with Gasteiger partial charge in [-0.05, 0) is 12.8 Å². The van der Waals surface area contributed by atoms with Crippen molar-refractivity contribution in [1.29, 1.82) is 0 Å². The first-order valence-electron chi connectivity index (χ1n) is 3.57. The van der Waals surface area contributed by atoms with Gasteiger partial charge < -0.3 is 0 Å². The molecule has 0 atom stereocenters. The summed E-state index contributed by atoms with van der Waals surface area (Å²) in [6.45, 7) is 0.979. The van der Waals surface area contributed by atoms with Crippen molar-refractivity contribution in [3.05, 3.63) is 0 Å². The van der Waals surface area contributed by atoms with Crippen molar-refractivity contribution in [3.63, 3.8) is 0 Å². The van der Waals surface area contributed by atoms with E-state index < -0.39 is 0 Å². The van der Waals surface area contributed by atoms with Gasteiger partial charge in [0.25, 0.3) is 0 Å². The molecule has 2 N–H and O–H groups in total. The van der Waals surface area contributed by atoms with Gasteiger partial charge in [-0.1, -0.05) is 12.8 Å². The van der Waals surface area contributed by atoms with Gasteiger partial charge in [-0.3, -0.25) is 4.84 Å². The fourth-order valence-electron chi connectivity index (χ4n) is 1.68. The third-order valence-electron chi connectivity index (χ3n) is 2.27. The van der Waals surface area contributed by atoms with E-state index in [2.05, 4.69) is 11.0 Å². The summed E-state index contributed by atoms with van der Waals surface area (Å²) in [5.74, 6) is 0. The average molecular weight is 128 g/mol. The molecule has 0 aromatic carbocycles. The van der Waals surface area contributed by atoms with Gasteiger partial charge >= 0.3 is 0 Å². The van der Waals surface area contributed by atoms with E-state index in [0.29, 0.717) is 0 Å². The molecule has 1 spiro atoms. The van der Waals surface area contributed by atoms with E-state index in [1.807, 2.05) is 0 Å². The second-order valence-electron chi connectivity index (χ2n) is 2.95. The summed E-state index contributed by atoms with van der Waals surface area (Å²) >= 11 is 0. The van der Waals surface area contributed by atoms with Crippen molar-refractivity contribution < 1.29 is 4.84 Å². The van der Waals surface area contributed by atoms with Crippen LogP contribution in [0.2, 0.25) is 0 Å². The van der Waals surface area contributed by atoms with Crippen molar-refractivity contribution in [2.45, 2.75) is 31.3 Å². The van der Waals surface area contributed by atoms with E-state index in [0.717, 1.165) is 6.54 Å². The van der Waals surface area contributed by atoms with Crippen molar-refractivity contribution in [3.8, 4) is 0 Å². The highest BCUT2D eigenvalue weighted by atomic mass is 16.7. The topological polar surface area (TPSA) is 33.3 Å². The summed E-state index contributed by atoms with van der Waals surface area (Å²) in [5.41, 5.74) is 5.85. The Morgan fingerprint density at radius 2 is 2.00 bits per heavy atom. The number of hydrogen-bond acceptors (Lipinski definition) is 3. The summed E-state index contributed by atoms with van der Waals surface area (Å²) in [7, 11) is 0. The van der Waals surface area contributed by atoms with Crippen LogP contribution in [0, 0.1) is 0 Å². The molecule has 0 bridgehead atoms. The largest absolute Gasteiger partial charge is 0.279 e. The second-order valence-corrected chi connectivity index (χ2v) is 2.95. The van der Waals surface area contributed by atoms with E-state index in [1.165, 1.54) is 25.7 Å². The third-order valence-corrected chi connectivity index (χ3v) is 2.27.